The van der Waals surface area contributed by atoms with E-state index in [2.05, 4.69) is 20.6 Å². The van der Waals surface area contributed by atoms with Crippen LogP contribution >= 0.6 is 0 Å². The molecule has 1 aromatic rings. The first-order valence-electron chi connectivity index (χ1n) is 5.90. The molecule has 1 aromatic heterocycles. The SMILES string of the molecule is CC(C)CC(=O)NCCNC(=O)c1cnccn1. The normalized spacial score (nSPS) is 10.2. The van der Waals surface area contributed by atoms with Crippen molar-refractivity contribution >= 4 is 11.8 Å². The Morgan fingerprint density at radius 3 is 2.56 bits per heavy atom. The summed E-state index contributed by atoms with van der Waals surface area (Å²) < 4.78 is 0. The van der Waals surface area contributed by atoms with Crippen LogP contribution in [0.25, 0.3) is 0 Å². The number of hydrogen-bond donors (Lipinski definition) is 2. The fourth-order valence-electron chi connectivity index (χ4n) is 1.33. The van der Waals surface area contributed by atoms with Gasteiger partial charge in [0.2, 0.25) is 5.91 Å². The standard InChI is InChI=1S/C12H18N4O2/c1-9(2)7-11(17)15-5-6-16-12(18)10-8-13-3-4-14-10/h3-4,8-9H,5-7H2,1-2H3,(H,15,17)(H,16,18). The molecular formula is C12H18N4O2. The minimum atomic E-state index is -0.291. The van der Waals surface area contributed by atoms with Gasteiger partial charge in [-0.15, -0.1) is 0 Å². The first-order chi connectivity index (χ1) is 8.59. The summed E-state index contributed by atoms with van der Waals surface area (Å²) in [7, 11) is 0. The molecule has 1 rings (SSSR count). The zero-order chi connectivity index (χ0) is 13.4. The molecule has 0 saturated carbocycles. The summed E-state index contributed by atoms with van der Waals surface area (Å²) >= 11 is 0. The van der Waals surface area contributed by atoms with E-state index in [9.17, 15) is 9.59 Å². The zero-order valence-corrected chi connectivity index (χ0v) is 10.6. The van der Waals surface area contributed by atoms with Crippen LogP contribution in [0, 0.1) is 5.92 Å². The molecule has 6 heteroatoms. The Bertz CT molecular complexity index is 392. The maximum atomic E-state index is 11.5. The highest BCUT2D eigenvalue weighted by Gasteiger charge is 2.06. The van der Waals surface area contributed by atoms with E-state index in [4.69, 9.17) is 0 Å². The molecule has 0 fully saturated rings. The van der Waals surface area contributed by atoms with E-state index in [1.165, 1.54) is 18.6 Å². The van der Waals surface area contributed by atoms with Crippen molar-refractivity contribution in [1.29, 1.82) is 0 Å². The van der Waals surface area contributed by atoms with Crippen LogP contribution in [0.5, 0.6) is 0 Å². The molecule has 0 saturated heterocycles. The van der Waals surface area contributed by atoms with Crippen molar-refractivity contribution in [2.75, 3.05) is 13.1 Å². The van der Waals surface area contributed by atoms with E-state index in [0.717, 1.165) is 0 Å². The van der Waals surface area contributed by atoms with Gasteiger partial charge in [-0.2, -0.15) is 0 Å². The van der Waals surface area contributed by atoms with Crippen molar-refractivity contribution in [1.82, 2.24) is 20.6 Å². The second-order valence-corrected chi connectivity index (χ2v) is 4.29. The van der Waals surface area contributed by atoms with Crippen LogP contribution in [0.4, 0.5) is 0 Å². The molecule has 0 spiro atoms. The Hall–Kier alpha value is -1.98. The lowest BCUT2D eigenvalue weighted by Gasteiger charge is -2.07. The molecule has 2 N–H and O–H groups in total. The van der Waals surface area contributed by atoms with Gasteiger partial charge in [0.05, 0.1) is 6.20 Å². The summed E-state index contributed by atoms with van der Waals surface area (Å²) in [5.74, 6) is 0.0409. The van der Waals surface area contributed by atoms with Gasteiger partial charge in [0.1, 0.15) is 5.69 Å². The fourth-order valence-corrected chi connectivity index (χ4v) is 1.33. The van der Waals surface area contributed by atoms with Crippen molar-refractivity contribution in [3.63, 3.8) is 0 Å². The highest BCUT2D eigenvalue weighted by Crippen LogP contribution is 1.97. The number of carbonyl (C=O) groups excluding carboxylic acids is 2. The van der Waals surface area contributed by atoms with Gasteiger partial charge in [-0.3, -0.25) is 14.6 Å². The predicted molar refractivity (Wildman–Crippen MR) is 66.8 cm³/mol. The molecule has 0 atom stereocenters. The third-order valence-electron chi connectivity index (χ3n) is 2.12. The summed E-state index contributed by atoms with van der Waals surface area (Å²) in [6.45, 7) is 4.75. The summed E-state index contributed by atoms with van der Waals surface area (Å²) in [6.07, 6.45) is 4.85. The van der Waals surface area contributed by atoms with Crippen molar-refractivity contribution < 1.29 is 9.59 Å². The number of amides is 2. The van der Waals surface area contributed by atoms with Crippen LogP contribution in [0.15, 0.2) is 18.6 Å². The van der Waals surface area contributed by atoms with Crippen LogP contribution in [-0.4, -0.2) is 34.9 Å². The van der Waals surface area contributed by atoms with Gasteiger partial charge in [-0.1, -0.05) is 13.8 Å². The second kappa shape index (κ2) is 7.37. The molecule has 0 aliphatic carbocycles. The van der Waals surface area contributed by atoms with Gasteiger partial charge >= 0.3 is 0 Å². The molecule has 0 aliphatic heterocycles. The average Bonchev–Trinajstić information content (AvgIpc) is 2.34. The van der Waals surface area contributed by atoms with Gasteiger partial charge in [0.25, 0.3) is 5.91 Å². The summed E-state index contributed by atoms with van der Waals surface area (Å²) in [5, 5.41) is 5.38. The fraction of sp³-hybridized carbons (Fsp3) is 0.500. The van der Waals surface area contributed by atoms with E-state index >= 15 is 0 Å². The van der Waals surface area contributed by atoms with Crippen LogP contribution < -0.4 is 10.6 Å². The average molecular weight is 250 g/mol. The lowest BCUT2D eigenvalue weighted by atomic mass is 10.1. The van der Waals surface area contributed by atoms with Crippen LogP contribution in [0.1, 0.15) is 30.8 Å². The van der Waals surface area contributed by atoms with E-state index in [1.54, 1.807) is 0 Å². The smallest absolute Gasteiger partial charge is 0.271 e. The highest BCUT2D eigenvalue weighted by atomic mass is 16.2. The number of aromatic nitrogens is 2. The number of nitrogens with one attached hydrogen (secondary N) is 2. The number of hydrogen-bond acceptors (Lipinski definition) is 4. The van der Waals surface area contributed by atoms with E-state index in [-0.39, 0.29) is 17.5 Å². The third-order valence-corrected chi connectivity index (χ3v) is 2.12. The summed E-state index contributed by atoms with van der Waals surface area (Å²) in [6, 6.07) is 0. The van der Waals surface area contributed by atoms with Crippen molar-refractivity contribution in [2.24, 2.45) is 5.92 Å². The molecule has 0 unspecified atom stereocenters. The summed E-state index contributed by atoms with van der Waals surface area (Å²) in [4.78, 5) is 30.5. The molecule has 0 bridgehead atoms. The third kappa shape index (κ3) is 5.38. The van der Waals surface area contributed by atoms with Crippen molar-refractivity contribution in [2.45, 2.75) is 20.3 Å². The second-order valence-electron chi connectivity index (χ2n) is 4.29. The predicted octanol–water partition coefficient (Wildman–Crippen LogP) is 0.369. The summed E-state index contributed by atoms with van der Waals surface area (Å²) in [5.41, 5.74) is 0.269. The molecule has 18 heavy (non-hydrogen) atoms. The molecular weight excluding hydrogens is 232 g/mol. The Labute approximate surface area is 106 Å². The van der Waals surface area contributed by atoms with Crippen LogP contribution in [-0.2, 0) is 4.79 Å². The maximum Gasteiger partial charge on any atom is 0.271 e. The lowest BCUT2D eigenvalue weighted by molar-refractivity contribution is -0.121. The Balaban J connectivity index is 2.19. The van der Waals surface area contributed by atoms with Crippen molar-refractivity contribution in [3.8, 4) is 0 Å². The van der Waals surface area contributed by atoms with Crippen molar-refractivity contribution in [3.05, 3.63) is 24.3 Å². The number of nitrogens with zero attached hydrogens (tertiary/aromatic N) is 2. The first-order valence-corrected chi connectivity index (χ1v) is 5.90. The van der Waals surface area contributed by atoms with Gasteiger partial charge in [-0.25, -0.2) is 4.98 Å². The molecule has 6 nitrogen and oxygen atoms in total. The van der Waals surface area contributed by atoms with Gasteiger partial charge in [0, 0.05) is 31.9 Å². The van der Waals surface area contributed by atoms with E-state index in [0.29, 0.717) is 25.4 Å². The Kier molecular flexibility index (Phi) is 5.76. The topological polar surface area (TPSA) is 84.0 Å². The largest absolute Gasteiger partial charge is 0.354 e. The Morgan fingerprint density at radius 2 is 1.94 bits per heavy atom. The van der Waals surface area contributed by atoms with Crippen LogP contribution in [0.2, 0.25) is 0 Å². The molecule has 0 aliphatic rings. The van der Waals surface area contributed by atoms with Crippen LogP contribution in [0.3, 0.4) is 0 Å². The first kappa shape index (κ1) is 14.1. The highest BCUT2D eigenvalue weighted by molar-refractivity contribution is 5.91. The number of carbonyl (C=O) groups is 2. The van der Waals surface area contributed by atoms with E-state index < -0.39 is 0 Å². The number of rotatable bonds is 6. The quantitative estimate of drug-likeness (QED) is 0.714. The van der Waals surface area contributed by atoms with Gasteiger partial charge in [-0.05, 0) is 5.92 Å². The molecule has 1 heterocycles. The lowest BCUT2D eigenvalue weighted by Crippen LogP contribution is -2.35. The minimum Gasteiger partial charge on any atom is -0.354 e. The molecule has 2 amide bonds. The van der Waals surface area contributed by atoms with E-state index in [1.807, 2.05) is 13.8 Å². The monoisotopic (exact) mass is 250 g/mol. The van der Waals surface area contributed by atoms with Gasteiger partial charge < -0.3 is 10.6 Å². The molecule has 0 aromatic carbocycles. The zero-order valence-electron chi connectivity index (χ0n) is 10.6. The maximum absolute atomic E-state index is 11.5. The molecule has 98 valence electrons. The molecule has 0 radical (unpaired) electrons. The minimum absolute atomic E-state index is 0.00116. The Morgan fingerprint density at radius 1 is 1.22 bits per heavy atom. The van der Waals surface area contributed by atoms with Gasteiger partial charge in [0.15, 0.2) is 0 Å².